The molecule has 1 aromatic heterocycles. The molecule has 1 aromatic carbocycles. The van der Waals surface area contributed by atoms with Crippen molar-refractivity contribution in [1.82, 2.24) is 15.0 Å². The van der Waals surface area contributed by atoms with Crippen molar-refractivity contribution in [1.29, 1.82) is 0 Å². The van der Waals surface area contributed by atoms with Gasteiger partial charge in [0.15, 0.2) is 0 Å². The maximum Gasteiger partial charge on any atom is 0.309 e. The minimum Gasteiger partial charge on any atom is -0.481 e. The van der Waals surface area contributed by atoms with Crippen LogP contribution in [-0.4, -0.2) is 32.0 Å². The Morgan fingerprint density at radius 3 is 2.43 bits per heavy atom. The first-order valence-electron chi connectivity index (χ1n) is 7.54. The lowest BCUT2D eigenvalue weighted by Gasteiger charge is -2.14. The number of para-hydroxylation sites is 1. The van der Waals surface area contributed by atoms with Crippen molar-refractivity contribution in [2.24, 2.45) is 0 Å². The van der Waals surface area contributed by atoms with E-state index in [9.17, 15) is 9.59 Å². The molecule has 0 bridgehead atoms. The third kappa shape index (κ3) is 4.15. The summed E-state index contributed by atoms with van der Waals surface area (Å²) in [5, 5.41) is 19.2. The van der Waals surface area contributed by atoms with Gasteiger partial charge in [-0.1, -0.05) is 37.3 Å². The Hall–Kier alpha value is -2.70. The molecule has 0 aliphatic heterocycles. The fraction of sp³-hybridized carbons (Fsp3) is 0.375. The predicted molar refractivity (Wildman–Crippen MR) is 85.2 cm³/mol. The first kappa shape index (κ1) is 16.7. The van der Waals surface area contributed by atoms with Gasteiger partial charge in [0.1, 0.15) is 6.54 Å². The highest BCUT2D eigenvalue weighted by atomic mass is 16.4. The third-order valence-electron chi connectivity index (χ3n) is 3.59. The zero-order valence-electron chi connectivity index (χ0n) is 13.2. The average molecular weight is 316 g/mol. The molecule has 0 saturated heterocycles. The fourth-order valence-electron chi connectivity index (χ4n) is 2.42. The van der Waals surface area contributed by atoms with Crippen molar-refractivity contribution in [3.8, 4) is 0 Å². The Balaban J connectivity index is 2.15. The number of nitrogens with one attached hydrogen (secondary N) is 1. The van der Waals surface area contributed by atoms with Crippen LogP contribution in [0.3, 0.4) is 0 Å². The third-order valence-corrected chi connectivity index (χ3v) is 3.59. The molecule has 0 atom stereocenters. The van der Waals surface area contributed by atoms with E-state index in [1.165, 1.54) is 10.9 Å². The predicted octanol–water partition coefficient (Wildman–Crippen LogP) is 1.67. The Morgan fingerprint density at radius 1 is 1.22 bits per heavy atom. The lowest BCUT2D eigenvalue weighted by Crippen LogP contribution is -2.23. The summed E-state index contributed by atoms with van der Waals surface area (Å²) < 4.78 is 1.31. The molecular weight excluding hydrogens is 296 g/mol. The second kappa shape index (κ2) is 7.53. The number of carbonyl (C=O) groups is 2. The second-order valence-corrected chi connectivity index (χ2v) is 5.16. The van der Waals surface area contributed by atoms with E-state index in [0.717, 1.165) is 29.7 Å². The average Bonchev–Trinajstić information content (AvgIpc) is 2.93. The lowest BCUT2D eigenvalue weighted by molar-refractivity contribution is -0.136. The molecule has 2 rings (SSSR count). The molecule has 7 heteroatoms. The van der Waals surface area contributed by atoms with E-state index in [4.69, 9.17) is 5.11 Å². The molecule has 0 spiro atoms. The van der Waals surface area contributed by atoms with Crippen molar-refractivity contribution in [3.05, 3.63) is 41.2 Å². The highest BCUT2D eigenvalue weighted by Gasteiger charge is 2.14. The molecule has 0 radical (unpaired) electrons. The first-order chi connectivity index (χ1) is 11.0. The summed E-state index contributed by atoms with van der Waals surface area (Å²) in [6, 6.07) is 5.95. The number of hydrogen-bond acceptors (Lipinski definition) is 4. The van der Waals surface area contributed by atoms with E-state index < -0.39 is 5.97 Å². The number of hydrogen-bond donors (Lipinski definition) is 2. The Morgan fingerprint density at radius 2 is 1.87 bits per heavy atom. The monoisotopic (exact) mass is 316 g/mol. The number of rotatable bonds is 7. The molecule has 0 aliphatic carbocycles. The number of aliphatic carboxylic acids is 1. The largest absolute Gasteiger partial charge is 0.481 e. The normalized spacial score (nSPS) is 10.5. The molecule has 1 amide bonds. The number of anilines is 1. The fourth-order valence-corrected chi connectivity index (χ4v) is 2.42. The summed E-state index contributed by atoms with van der Waals surface area (Å²) in [7, 11) is 0. The summed E-state index contributed by atoms with van der Waals surface area (Å²) >= 11 is 0. The standard InChI is InChI=1S/C16H20N4O3/c1-3-11-6-5-7-12(4-2)16(11)18-14(21)10-20-13(8-15(22)23)9-17-19-20/h5-7,9H,3-4,8,10H2,1-2H3,(H,18,21)(H,22,23). The lowest BCUT2D eigenvalue weighted by atomic mass is 10.0. The SMILES string of the molecule is CCc1cccc(CC)c1NC(=O)Cn1nncc1CC(=O)O. The Kier molecular flexibility index (Phi) is 5.46. The van der Waals surface area contributed by atoms with Gasteiger partial charge in [0.2, 0.25) is 5.91 Å². The smallest absolute Gasteiger partial charge is 0.309 e. The van der Waals surface area contributed by atoms with E-state index in [1.54, 1.807) is 0 Å². The van der Waals surface area contributed by atoms with Gasteiger partial charge in [-0.2, -0.15) is 0 Å². The van der Waals surface area contributed by atoms with Gasteiger partial charge in [0.05, 0.1) is 18.3 Å². The zero-order valence-corrected chi connectivity index (χ0v) is 13.2. The van der Waals surface area contributed by atoms with Crippen LogP contribution >= 0.6 is 0 Å². The van der Waals surface area contributed by atoms with Crippen LogP contribution < -0.4 is 5.32 Å². The van der Waals surface area contributed by atoms with Crippen LogP contribution in [0, 0.1) is 0 Å². The van der Waals surface area contributed by atoms with E-state index in [0.29, 0.717) is 5.69 Å². The summed E-state index contributed by atoms with van der Waals surface area (Å²) in [6.07, 6.45) is 2.78. The number of carboxylic acids is 1. The Labute approximate surface area is 134 Å². The number of nitrogens with zero attached hydrogens (tertiary/aromatic N) is 3. The van der Waals surface area contributed by atoms with Crippen molar-refractivity contribution in [2.75, 3.05) is 5.32 Å². The zero-order chi connectivity index (χ0) is 16.8. The van der Waals surface area contributed by atoms with Gasteiger partial charge in [-0.25, -0.2) is 4.68 Å². The minimum absolute atomic E-state index is 0.0657. The molecule has 0 saturated carbocycles. The van der Waals surface area contributed by atoms with Crippen molar-refractivity contribution < 1.29 is 14.7 Å². The van der Waals surface area contributed by atoms with Crippen molar-refractivity contribution in [2.45, 2.75) is 39.7 Å². The summed E-state index contributed by atoms with van der Waals surface area (Å²) in [4.78, 5) is 23.1. The molecule has 7 nitrogen and oxygen atoms in total. The van der Waals surface area contributed by atoms with E-state index in [1.807, 2.05) is 32.0 Å². The number of carboxylic acid groups (broad SMARTS) is 1. The summed E-state index contributed by atoms with van der Waals surface area (Å²) in [6.45, 7) is 4.00. The molecule has 2 aromatic rings. The van der Waals surface area contributed by atoms with Gasteiger partial charge in [-0.15, -0.1) is 5.10 Å². The van der Waals surface area contributed by atoms with Gasteiger partial charge in [0.25, 0.3) is 0 Å². The van der Waals surface area contributed by atoms with E-state index in [2.05, 4.69) is 15.6 Å². The van der Waals surface area contributed by atoms with Crippen LogP contribution in [0.25, 0.3) is 0 Å². The molecule has 122 valence electrons. The molecule has 0 fully saturated rings. The molecule has 0 unspecified atom stereocenters. The second-order valence-electron chi connectivity index (χ2n) is 5.16. The number of aromatic nitrogens is 3. The molecule has 2 N–H and O–H groups in total. The molecule has 23 heavy (non-hydrogen) atoms. The van der Waals surface area contributed by atoms with Crippen LogP contribution in [0.5, 0.6) is 0 Å². The number of aryl methyl sites for hydroxylation is 2. The van der Waals surface area contributed by atoms with Gasteiger partial charge in [-0.05, 0) is 24.0 Å². The topological polar surface area (TPSA) is 97.1 Å². The van der Waals surface area contributed by atoms with Crippen LogP contribution in [0.1, 0.15) is 30.7 Å². The number of benzene rings is 1. The van der Waals surface area contributed by atoms with Gasteiger partial charge >= 0.3 is 5.97 Å². The van der Waals surface area contributed by atoms with Crippen LogP contribution in [0.4, 0.5) is 5.69 Å². The van der Waals surface area contributed by atoms with Crippen LogP contribution in [0.2, 0.25) is 0 Å². The Bertz CT molecular complexity index is 687. The molecule has 1 heterocycles. The number of amides is 1. The van der Waals surface area contributed by atoms with Crippen LogP contribution in [-0.2, 0) is 35.4 Å². The van der Waals surface area contributed by atoms with Gasteiger partial charge in [-0.3, -0.25) is 9.59 Å². The minimum atomic E-state index is -0.987. The van der Waals surface area contributed by atoms with E-state index >= 15 is 0 Å². The molecular formula is C16H20N4O3. The summed E-state index contributed by atoms with van der Waals surface area (Å²) in [5.41, 5.74) is 3.37. The highest BCUT2D eigenvalue weighted by Crippen LogP contribution is 2.22. The van der Waals surface area contributed by atoms with Gasteiger partial charge < -0.3 is 10.4 Å². The summed E-state index contributed by atoms with van der Waals surface area (Å²) in [5.74, 6) is -1.24. The maximum absolute atomic E-state index is 12.3. The number of carbonyl (C=O) groups excluding carboxylic acids is 1. The quantitative estimate of drug-likeness (QED) is 0.810. The van der Waals surface area contributed by atoms with Gasteiger partial charge in [0, 0.05) is 5.69 Å². The van der Waals surface area contributed by atoms with Crippen molar-refractivity contribution >= 4 is 17.6 Å². The van der Waals surface area contributed by atoms with Crippen LogP contribution in [0.15, 0.2) is 24.4 Å². The van der Waals surface area contributed by atoms with Crippen molar-refractivity contribution in [3.63, 3.8) is 0 Å². The maximum atomic E-state index is 12.3. The first-order valence-corrected chi connectivity index (χ1v) is 7.54. The van der Waals surface area contributed by atoms with E-state index in [-0.39, 0.29) is 18.9 Å². The molecule has 0 aliphatic rings. The highest BCUT2D eigenvalue weighted by molar-refractivity contribution is 5.92.